The summed E-state index contributed by atoms with van der Waals surface area (Å²) in [7, 11) is 0. The van der Waals surface area contributed by atoms with Crippen LogP contribution in [0.15, 0.2) is 163 Å². The van der Waals surface area contributed by atoms with Gasteiger partial charge in [-0.1, -0.05) is 153 Å². The van der Waals surface area contributed by atoms with Crippen molar-refractivity contribution in [3.8, 4) is 0 Å². The zero-order valence-corrected chi connectivity index (χ0v) is 33.7. The molecule has 7 aromatic rings. The number of anilines is 1. The van der Waals surface area contributed by atoms with E-state index in [1.165, 1.54) is 49.0 Å². The SMILES string of the molecule is CC1(C)C(=CC=CC=CC2=[N+](CCC(=O)O)c3c(c4ccccc4c4ccccc34)C2(C)Cc2ccccc2)N(CCOC=O)c2c1c1ccccc1c1ccccc21. The van der Waals surface area contributed by atoms with Gasteiger partial charge in [0, 0.05) is 28.1 Å². The molecule has 0 saturated heterocycles. The Morgan fingerprint density at radius 3 is 1.85 bits per heavy atom. The molecule has 0 amide bonds. The second kappa shape index (κ2) is 15.2. The van der Waals surface area contributed by atoms with E-state index >= 15 is 0 Å². The third kappa shape index (κ3) is 6.31. The standard InChI is InChI=1S/C53H46N2O4/c1-52(2)45(55(32-33-59-35-56)50-43-26-16-12-22-39(43)37-20-10-14-24-41(37)48(50)52)28-8-5-9-29-46-53(3,34-36-18-6-4-7-19-36)49-42-25-15-11-21-38(42)40-23-13-17-27-44(40)51(49)54(46)31-30-47(57)58/h4-29,35H,30-34H2,1-3H3/p+1. The largest absolute Gasteiger partial charge is 0.481 e. The summed E-state index contributed by atoms with van der Waals surface area (Å²) < 4.78 is 7.56. The maximum atomic E-state index is 12.2. The molecule has 0 fully saturated rings. The van der Waals surface area contributed by atoms with Crippen LogP contribution >= 0.6 is 0 Å². The monoisotopic (exact) mass is 775 g/mol. The summed E-state index contributed by atoms with van der Waals surface area (Å²) in [6, 6.07) is 44.9. The maximum absolute atomic E-state index is 12.2. The molecule has 2 heterocycles. The summed E-state index contributed by atoms with van der Waals surface area (Å²) in [5.74, 6) is -0.827. The number of aliphatic carboxylic acids is 1. The van der Waals surface area contributed by atoms with Gasteiger partial charge in [0.25, 0.3) is 6.47 Å². The van der Waals surface area contributed by atoms with Crippen LogP contribution in [0.3, 0.4) is 0 Å². The first kappa shape index (κ1) is 37.8. The quantitative estimate of drug-likeness (QED) is 0.0440. The van der Waals surface area contributed by atoms with Crippen LogP contribution in [0.1, 0.15) is 43.9 Å². The van der Waals surface area contributed by atoms with E-state index in [-0.39, 0.29) is 18.4 Å². The van der Waals surface area contributed by atoms with Gasteiger partial charge in [-0.15, -0.1) is 0 Å². The van der Waals surface area contributed by atoms with E-state index in [0.717, 1.165) is 40.0 Å². The van der Waals surface area contributed by atoms with Crippen LogP contribution in [-0.2, 0) is 31.6 Å². The Morgan fingerprint density at radius 1 is 0.678 bits per heavy atom. The Bertz CT molecular complexity index is 2940. The van der Waals surface area contributed by atoms with Gasteiger partial charge in [0.05, 0.1) is 23.0 Å². The topological polar surface area (TPSA) is 69.8 Å². The lowest BCUT2D eigenvalue weighted by atomic mass is 9.72. The first-order chi connectivity index (χ1) is 28.7. The van der Waals surface area contributed by atoms with Crippen molar-refractivity contribution >= 4 is 72.6 Å². The molecule has 292 valence electrons. The number of carbonyl (C=O) groups is 2. The molecule has 9 rings (SSSR count). The van der Waals surface area contributed by atoms with E-state index in [4.69, 9.17) is 4.74 Å². The molecule has 0 bridgehead atoms. The third-order valence-corrected chi connectivity index (χ3v) is 12.5. The Morgan fingerprint density at radius 2 is 1.22 bits per heavy atom. The fraction of sp³-hybridized carbons (Fsp3) is 0.189. The maximum Gasteiger partial charge on any atom is 0.309 e. The van der Waals surface area contributed by atoms with E-state index in [1.807, 2.05) is 6.07 Å². The average Bonchev–Trinajstić information content (AvgIpc) is 3.63. The molecule has 6 heteroatoms. The molecule has 0 aromatic heterocycles. The van der Waals surface area contributed by atoms with Crippen molar-refractivity contribution in [2.45, 2.75) is 44.4 Å². The third-order valence-electron chi connectivity index (χ3n) is 12.5. The molecule has 0 saturated carbocycles. The van der Waals surface area contributed by atoms with Crippen molar-refractivity contribution in [3.05, 3.63) is 180 Å². The molecule has 0 spiro atoms. The lowest BCUT2D eigenvalue weighted by Gasteiger charge is -2.27. The first-order valence-electron chi connectivity index (χ1n) is 20.4. The van der Waals surface area contributed by atoms with Gasteiger partial charge in [-0.2, -0.15) is 4.58 Å². The van der Waals surface area contributed by atoms with Crippen LogP contribution in [0.4, 0.5) is 11.4 Å². The fourth-order valence-electron chi connectivity index (χ4n) is 10.1. The first-order valence-corrected chi connectivity index (χ1v) is 20.4. The van der Waals surface area contributed by atoms with Gasteiger partial charge >= 0.3 is 5.97 Å². The average molecular weight is 776 g/mol. The molecule has 6 nitrogen and oxygen atoms in total. The van der Waals surface area contributed by atoms with E-state index in [1.54, 1.807) is 0 Å². The molecule has 0 aliphatic carbocycles. The van der Waals surface area contributed by atoms with Crippen LogP contribution in [0.2, 0.25) is 0 Å². The normalized spacial score (nSPS) is 17.9. The Hall–Kier alpha value is -6.79. The molecule has 2 aliphatic rings. The van der Waals surface area contributed by atoms with E-state index < -0.39 is 11.4 Å². The van der Waals surface area contributed by atoms with Crippen LogP contribution in [0, 0.1) is 0 Å². The van der Waals surface area contributed by atoms with E-state index in [9.17, 15) is 14.7 Å². The Kier molecular flexibility index (Phi) is 9.72. The highest BCUT2D eigenvalue weighted by Crippen LogP contribution is 2.54. The molecule has 1 atom stereocenters. The van der Waals surface area contributed by atoms with Gasteiger partial charge in [-0.25, -0.2) is 0 Å². The van der Waals surface area contributed by atoms with Gasteiger partial charge in [-0.05, 0) is 68.9 Å². The molecule has 1 N–H and O–H groups in total. The number of carboxylic acids is 1. The van der Waals surface area contributed by atoms with E-state index in [2.05, 4.69) is 182 Å². The second-order valence-corrected chi connectivity index (χ2v) is 16.3. The molecular weight excluding hydrogens is 729 g/mol. The van der Waals surface area contributed by atoms with Crippen molar-refractivity contribution < 1.29 is 24.0 Å². The smallest absolute Gasteiger partial charge is 0.309 e. The predicted molar refractivity (Wildman–Crippen MR) is 241 cm³/mol. The zero-order chi connectivity index (χ0) is 40.7. The Balaban J connectivity index is 1.19. The number of fused-ring (bicyclic) bond motifs is 12. The Labute approximate surface area is 344 Å². The van der Waals surface area contributed by atoms with Crippen molar-refractivity contribution in [2.24, 2.45) is 0 Å². The minimum absolute atomic E-state index is 0.00392. The van der Waals surface area contributed by atoms with Gasteiger partial charge in [0.1, 0.15) is 13.0 Å². The lowest BCUT2D eigenvalue weighted by molar-refractivity contribution is -0.435. The lowest BCUT2D eigenvalue weighted by Crippen LogP contribution is -2.34. The summed E-state index contributed by atoms with van der Waals surface area (Å²) in [5.41, 5.74) is 7.28. The molecule has 1 unspecified atom stereocenters. The highest BCUT2D eigenvalue weighted by Gasteiger charge is 2.50. The van der Waals surface area contributed by atoms with Crippen LogP contribution in [0.25, 0.3) is 43.1 Å². The van der Waals surface area contributed by atoms with Crippen molar-refractivity contribution in [1.82, 2.24) is 0 Å². The molecule has 2 aliphatic heterocycles. The van der Waals surface area contributed by atoms with Gasteiger partial charge in [0.2, 0.25) is 5.69 Å². The number of ether oxygens (including phenoxy) is 1. The highest BCUT2D eigenvalue weighted by molar-refractivity contribution is 6.19. The number of rotatable bonds is 12. The molecule has 59 heavy (non-hydrogen) atoms. The minimum atomic E-state index is -0.827. The second-order valence-electron chi connectivity index (χ2n) is 16.3. The van der Waals surface area contributed by atoms with Gasteiger partial charge in [0.15, 0.2) is 12.3 Å². The summed E-state index contributed by atoms with van der Waals surface area (Å²) in [6.45, 7) is 8.51. The number of carbonyl (C=O) groups excluding carboxylic acids is 1. The van der Waals surface area contributed by atoms with Crippen molar-refractivity contribution in [1.29, 1.82) is 0 Å². The fourth-order valence-corrected chi connectivity index (χ4v) is 10.1. The number of hydrogen-bond acceptors (Lipinski definition) is 4. The number of hydrogen-bond donors (Lipinski definition) is 1. The van der Waals surface area contributed by atoms with Gasteiger partial charge in [-0.3, -0.25) is 9.59 Å². The molecule has 7 aromatic carbocycles. The van der Waals surface area contributed by atoms with Crippen molar-refractivity contribution in [2.75, 3.05) is 24.6 Å². The summed E-state index contributed by atoms with van der Waals surface area (Å²) in [6.07, 6.45) is 11.4. The van der Waals surface area contributed by atoms with E-state index in [0.29, 0.717) is 19.6 Å². The predicted octanol–water partition coefficient (Wildman–Crippen LogP) is 11.3. The van der Waals surface area contributed by atoms with Gasteiger partial charge < -0.3 is 14.7 Å². The molecule has 0 radical (unpaired) electrons. The van der Waals surface area contributed by atoms with Crippen LogP contribution in [-0.4, -0.2) is 47.5 Å². The summed E-state index contributed by atoms with van der Waals surface area (Å²) >= 11 is 0. The highest BCUT2D eigenvalue weighted by atomic mass is 16.5. The number of benzene rings is 7. The number of carboxylic acid groups (broad SMARTS) is 1. The minimum Gasteiger partial charge on any atom is -0.481 e. The summed E-state index contributed by atoms with van der Waals surface area (Å²) in [4.78, 5) is 25.9. The van der Waals surface area contributed by atoms with Crippen LogP contribution < -0.4 is 4.90 Å². The number of allylic oxidation sites excluding steroid dienone is 6. The van der Waals surface area contributed by atoms with Crippen LogP contribution in [0.5, 0.6) is 0 Å². The zero-order valence-electron chi connectivity index (χ0n) is 33.7. The molecular formula is C53H47N2O4+. The summed E-state index contributed by atoms with van der Waals surface area (Å²) in [5, 5.41) is 19.5. The number of nitrogens with zero attached hydrogens (tertiary/aromatic N) is 2. The van der Waals surface area contributed by atoms with Crippen molar-refractivity contribution in [3.63, 3.8) is 0 Å².